The van der Waals surface area contributed by atoms with Crippen molar-refractivity contribution in [2.24, 2.45) is 0 Å². The Bertz CT molecular complexity index is 1040. The number of hydrogen-bond acceptors (Lipinski definition) is 8. The van der Waals surface area contributed by atoms with Crippen molar-refractivity contribution in [1.29, 1.82) is 0 Å². The Labute approximate surface area is 181 Å². The fraction of sp³-hybridized carbons (Fsp3) is 0.500. The Morgan fingerprint density at radius 3 is 2.71 bits per heavy atom. The SMILES string of the molecule is Cc1cc(Nc2nc3cccc(N[C@H]4CC[C@@H](O)CC4)n3n2)cnc1N1CCOCC1. The molecule has 2 fully saturated rings. The molecule has 0 bridgehead atoms. The van der Waals surface area contributed by atoms with E-state index in [1.165, 1.54) is 0 Å². The van der Waals surface area contributed by atoms with Crippen LogP contribution in [0.3, 0.4) is 0 Å². The predicted molar refractivity (Wildman–Crippen MR) is 120 cm³/mol. The molecular weight excluding hydrogens is 394 g/mol. The van der Waals surface area contributed by atoms with E-state index in [0.29, 0.717) is 12.0 Å². The topological polar surface area (TPSA) is 99.8 Å². The first kappa shape index (κ1) is 20.0. The van der Waals surface area contributed by atoms with E-state index < -0.39 is 0 Å². The molecule has 9 nitrogen and oxygen atoms in total. The van der Waals surface area contributed by atoms with E-state index in [0.717, 1.165) is 80.5 Å². The lowest BCUT2D eigenvalue weighted by atomic mass is 9.93. The van der Waals surface area contributed by atoms with Crippen molar-refractivity contribution < 1.29 is 9.84 Å². The molecule has 0 atom stereocenters. The van der Waals surface area contributed by atoms with Gasteiger partial charge in [0.05, 0.1) is 31.2 Å². The van der Waals surface area contributed by atoms with E-state index in [-0.39, 0.29) is 6.10 Å². The fourth-order valence-electron chi connectivity index (χ4n) is 4.37. The van der Waals surface area contributed by atoms with Gasteiger partial charge in [0.15, 0.2) is 5.65 Å². The minimum absolute atomic E-state index is 0.164. The van der Waals surface area contributed by atoms with Gasteiger partial charge in [0.25, 0.3) is 0 Å². The molecule has 31 heavy (non-hydrogen) atoms. The van der Waals surface area contributed by atoms with Gasteiger partial charge in [0.2, 0.25) is 5.95 Å². The molecule has 3 aromatic heterocycles. The summed E-state index contributed by atoms with van der Waals surface area (Å²) in [7, 11) is 0. The van der Waals surface area contributed by atoms with Gasteiger partial charge in [0, 0.05) is 19.1 Å². The van der Waals surface area contributed by atoms with Crippen LogP contribution < -0.4 is 15.5 Å². The van der Waals surface area contributed by atoms with Gasteiger partial charge >= 0.3 is 0 Å². The summed E-state index contributed by atoms with van der Waals surface area (Å²) >= 11 is 0. The molecule has 1 saturated heterocycles. The molecule has 9 heteroatoms. The Morgan fingerprint density at radius 2 is 1.94 bits per heavy atom. The minimum Gasteiger partial charge on any atom is -0.393 e. The summed E-state index contributed by atoms with van der Waals surface area (Å²) in [5.74, 6) is 2.45. The van der Waals surface area contributed by atoms with Gasteiger partial charge in [-0.25, -0.2) is 4.98 Å². The Morgan fingerprint density at radius 1 is 1.13 bits per heavy atom. The zero-order chi connectivity index (χ0) is 21.2. The average molecular weight is 424 g/mol. The van der Waals surface area contributed by atoms with E-state index in [9.17, 15) is 5.11 Å². The summed E-state index contributed by atoms with van der Waals surface area (Å²) in [5.41, 5.74) is 2.75. The molecule has 3 aromatic rings. The lowest BCUT2D eigenvalue weighted by Gasteiger charge is -2.29. The standard InChI is InChI=1S/C22H29N7O2/c1-15-13-17(14-23-21(15)28-9-11-31-12-10-28)25-22-26-20-4-2-3-19(29(20)27-22)24-16-5-7-18(30)8-6-16/h2-4,13-14,16,18,24,30H,5-12H2,1H3,(H,25,27)/t16-,18+. The molecule has 3 N–H and O–H groups in total. The second-order valence-electron chi connectivity index (χ2n) is 8.36. The molecule has 0 radical (unpaired) electrons. The molecule has 1 aliphatic carbocycles. The zero-order valence-corrected chi connectivity index (χ0v) is 17.8. The molecule has 2 aliphatic rings. The number of nitrogens with zero attached hydrogens (tertiary/aromatic N) is 5. The lowest BCUT2D eigenvalue weighted by molar-refractivity contribution is 0.122. The monoisotopic (exact) mass is 423 g/mol. The first-order valence-corrected chi connectivity index (χ1v) is 11.0. The second kappa shape index (κ2) is 8.68. The Hall–Kier alpha value is -2.91. The smallest absolute Gasteiger partial charge is 0.247 e. The first-order chi connectivity index (χ1) is 15.2. The molecular formula is C22H29N7O2. The maximum Gasteiger partial charge on any atom is 0.247 e. The minimum atomic E-state index is -0.164. The molecule has 1 saturated carbocycles. The van der Waals surface area contributed by atoms with Crippen LogP contribution >= 0.6 is 0 Å². The quantitative estimate of drug-likeness (QED) is 0.576. The number of anilines is 4. The number of aliphatic hydroxyl groups excluding tert-OH is 1. The van der Waals surface area contributed by atoms with Gasteiger partial charge in [-0.3, -0.25) is 0 Å². The van der Waals surface area contributed by atoms with E-state index >= 15 is 0 Å². The highest BCUT2D eigenvalue weighted by Crippen LogP contribution is 2.25. The number of hydrogen-bond donors (Lipinski definition) is 3. The van der Waals surface area contributed by atoms with Crippen molar-refractivity contribution in [3.63, 3.8) is 0 Å². The van der Waals surface area contributed by atoms with Crippen LogP contribution in [-0.2, 0) is 4.74 Å². The number of aromatic nitrogens is 4. The van der Waals surface area contributed by atoms with Crippen LogP contribution in [-0.4, -0.2) is 63.1 Å². The third-order valence-electron chi connectivity index (χ3n) is 6.03. The number of morpholine rings is 1. The highest BCUT2D eigenvalue weighted by molar-refractivity contribution is 5.61. The van der Waals surface area contributed by atoms with Crippen LogP contribution in [0.1, 0.15) is 31.2 Å². The summed E-state index contributed by atoms with van der Waals surface area (Å²) in [6.45, 7) is 5.28. The summed E-state index contributed by atoms with van der Waals surface area (Å²) in [4.78, 5) is 11.5. The van der Waals surface area contributed by atoms with Crippen molar-refractivity contribution in [3.8, 4) is 0 Å². The highest BCUT2D eigenvalue weighted by Gasteiger charge is 2.20. The highest BCUT2D eigenvalue weighted by atomic mass is 16.5. The van der Waals surface area contributed by atoms with Gasteiger partial charge in [0.1, 0.15) is 11.6 Å². The number of nitrogens with one attached hydrogen (secondary N) is 2. The second-order valence-corrected chi connectivity index (χ2v) is 8.36. The van der Waals surface area contributed by atoms with Gasteiger partial charge in [-0.2, -0.15) is 9.50 Å². The lowest BCUT2D eigenvalue weighted by Crippen LogP contribution is -2.37. The molecule has 1 aliphatic heterocycles. The maximum absolute atomic E-state index is 9.74. The normalized spacial score (nSPS) is 21.9. The average Bonchev–Trinajstić information content (AvgIpc) is 3.19. The summed E-state index contributed by atoms with van der Waals surface area (Å²) in [6, 6.07) is 8.36. The summed E-state index contributed by atoms with van der Waals surface area (Å²) in [5, 5.41) is 21.3. The van der Waals surface area contributed by atoms with Gasteiger partial charge in [-0.1, -0.05) is 6.07 Å². The molecule has 0 amide bonds. The molecule has 164 valence electrons. The van der Waals surface area contributed by atoms with E-state index in [2.05, 4.69) is 43.6 Å². The number of fused-ring (bicyclic) bond motifs is 1. The maximum atomic E-state index is 9.74. The van der Waals surface area contributed by atoms with Crippen molar-refractivity contribution in [3.05, 3.63) is 36.0 Å². The predicted octanol–water partition coefficient (Wildman–Crippen LogP) is 2.73. The molecule has 5 rings (SSSR count). The third-order valence-corrected chi connectivity index (χ3v) is 6.03. The van der Waals surface area contributed by atoms with Gasteiger partial charge in [-0.05, 0) is 56.4 Å². The van der Waals surface area contributed by atoms with Gasteiger partial charge in [-0.15, -0.1) is 5.10 Å². The number of ether oxygens (including phenoxy) is 1. The van der Waals surface area contributed by atoms with E-state index in [1.54, 1.807) is 0 Å². The van der Waals surface area contributed by atoms with E-state index in [1.807, 2.05) is 28.9 Å². The first-order valence-electron chi connectivity index (χ1n) is 11.0. The van der Waals surface area contributed by atoms with Crippen molar-refractivity contribution in [2.75, 3.05) is 41.8 Å². The fourth-order valence-corrected chi connectivity index (χ4v) is 4.37. The van der Waals surface area contributed by atoms with Crippen LogP contribution in [0.4, 0.5) is 23.3 Å². The third kappa shape index (κ3) is 4.42. The number of rotatable bonds is 5. The van der Waals surface area contributed by atoms with Crippen LogP contribution in [0, 0.1) is 6.92 Å². The van der Waals surface area contributed by atoms with Crippen molar-refractivity contribution in [1.82, 2.24) is 19.6 Å². The van der Waals surface area contributed by atoms with Crippen molar-refractivity contribution in [2.45, 2.75) is 44.8 Å². The van der Waals surface area contributed by atoms with Gasteiger partial charge < -0.3 is 25.4 Å². The zero-order valence-electron chi connectivity index (χ0n) is 17.8. The Balaban J connectivity index is 1.32. The van der Waals surface area contributed by atoms with Crippen molar-refractivity contribution >= 4 is 28.9 Å². The molecule has 0 spiro atoms. The van der Waals surface area contributed by atoms with Crippen LogP contribution in [0.15, 0.2) is 30.5 Å². The van der Waals surface area contributed by atoms with Crippen LogP contribution in [0.5, 0.6) is 0 Å². The number of pyridine rings is 2. The number of aliphatic hydroxyl groups is 1. The summed E-state index contributed by atoms with van der Waals surface area (Å²) < 4.78 is 7.27. The number of aryl methyl sites for hydroxylation is 1. The molecule has 4 heterocycles. The van der Waals surface area contributed by atoms with Crippen LogP contribution in [0.25, 0.3) is 5.65 Å². The van der Waals surface area contributed by atoms with E-state index in [4.69, 9.17) is 4.74 Å². The molecule has 0 unspecified atom stereocenters. The Kier molecular flexibility index (Phi) is 5.61. The largest absolute Gasteiger partial charge is 0.393 e. The molecule has 0 aromatic carbocycles. The van der Waals surface area contributed by atoms with Crippen LogP contribution in [0.2, 0.25) is 0 Å². The summed E-state index contributed by atoms with van der Waals surface area (Å²) in [6.07, 6.45) is 5.25.